The van der Waals surface area contributed by atoms with E-state index in [1.807, 2.05) is 0 Å². The first-order valence-corrected chi connectivity index (χ1v) is 54.3. The van der Waals surface area contributed by atoms with Crippen molar-refractivity contribution in [1.29, 1.82) is 0 Å². The fourth-order valence-corrected chi connectivity index (χ4v) is 33.3. The molecule has 0 saturated heterocycles. The van der Waals surface area contributed by atoms with Crippen LogP contribution in [-0.2, 0) is 9.23 Å². The first-order valence-electron chi connectivity index (χ1n) is 43.1. The van der Waals surface area contributed by atoms with E-state index in [0.717, 1.165) is 138 Å². The molecule has 0 unspecified atom stereocenters. The van der Waals surface area contributed by atoms with E-state index >= 15 is 61.9 Å². The molecule has 12 aliphatic rings. The van der Waals surface area contributed by atoms with Gasteiger partial charge in [0.2, 0.25) is 0 Å². The van der Waals surface area contributed by atoms with Crippen LogP contribution in [0.15, 0.2) is 235 Å². The average molecular weight is 2370 g/mol. The van der Waals surface area contributed by atoms with Crippen LogP contribution in [0, 0.1) is 140 Å². The molecule has 0 radical (unpaired) electrons. The molecule has 27 nitrogen and oxygen atoms in total. The Hall–Kier alpha value is -17.2. The van der Waals surface area contributed by atoms with Gasteiger partial charge >= 0.3 is 837 Å². The van der Waals surface area contributed by atoms with Gasteiger partial charge in [0.25, 0.3) is 0 Å². The van der Waals surface area contributed by atoms with Gasteiger partial charge in [0.05, 0.1) is 0 Å². The summed E-state index contributed by atoms with van der Waals surface area (Å²) < 4.78 is 416. The Kier molecular flexibility index (Phi) is 19.0. The average Bonchev–Trinajstić information content (AvgIpc) is 1.54. The Morgan fingerprint density at radius 3 is 0.553 bits per heavy atom. The van der Waals surface area contributed by atoms with Gasteiger partial charge in [-0.3, -0.25) is 0 Å². The van der Waals surface area contributed by atoms with Crippen molar-refractivity contribution in [3.63, 3.8) is 0 Å². The number of aromatic nitrogens is 6. The molecule has 18 aromatic rings. The molecule has 12 aliphatic heterocycles. The maximum absolute atomic E-state index is 15.9. The van der Waals surface area contributed by atoms with E-state index in [1.165, 1.54) is 0 Å². The predicted octanol–water partition coefficient (Wildman–Crippen LogP) is 16.4. The maximum atomic E-state index is 15.9. The van der Waals surface area contributed by atoms with Gasteiger partial charge in [0, 0.05) is 0 Å². The molecule has 726 valence electrons. The number of fused-ring (bicyclic) bond motifs is 42. The van der Waals surface area contributed by atoms with Gasteiger partial charge in [-0.05, 0) is 0 Å². The summed E-state index contributed by atoms with van der Waals surface area (Å²) in [4.78, 5) is 78.4. The summed E-state index contributed by atoms with van der Waals surface area (Å²) in [6.07, 6.45) is 0. The van der Waals surface area contributed by atoms with Crippen LogP contribution >= 0.6 is 0 Å². The Labute approximate surface area is 830 Å². The van der Waals surface area contributed by atoms with E-state index in [-0.39, 0.29) is 111 Å². The van der Waals surface area contributed by atoms with Crippen molar-refractivity contribution in [1.82, 2.24) is 16.7 Å². The summed E-state index contributed by atoms with van der Waals surface area (Å²) in [6, 6.07) is 18.2. The normalized spacial score (nSPS) is 15.2. The molecule has 0 amide bonds. The third kappa shape index (κ3) is 12.5. The van der Waals surface area contributed by atoms with Crippen molar-refractivity contribution < 1.29 is 115 Å². The monoisotopic (exact) mass is 2380 g/mol. The minimum atomic E-state index is -5.44. The number of halogens is 24. The Morgan fingerprint density at radius 1 is 0.147 bits per heavy atom. The molecule has 6 aromatic heterocycles. The second-order valence-electron chi connectivity index (χ2n) is 34.2. The van der Waals surface area contributed by atoms with Crippen LogP contribution in [0.1, 0.15) is 66.8 Å². The van der Waals surface area contributed by atoms with Crippen LogP contribution in [0.4, 0.5) is 140 Å². The van der Waals surface area contributed by atoms with E-state index in [1.54, 1.807) is 0 Å². The van der Waals surface area contributed by atoms with Gasteiger partial charge in [-0.25, -0.2) is 0 Å². The van der Waals surface area contributed by atoms with Crippen molar-refractivity contribution in [2.75, 3.05) is 0 Å². The van der Waals surface area contributed by atoms with Gasteiger partial charge in [0.15, 0.2) is 0 Å². The van der Waals surface area contributed by atoms with Gasteiger partial charge in [-0.2, -0.15) is 0 Å². The summed E-state index contributed by atoms with van der Waals surface area (Å²) in [5.74, 6) is -37.1. The van der Waals surface area contributed by atoms with Gasteiger partial charge in [-0.1, -0.05) is 0 Å². The summed E-state index contributed by atoms with van der Waals surface area (Å²) >= 11 is -15.8. The Morgan fingerprint density at radius 2 is 0.307 bits per heavy atom. The first-order chi connectivity index (χ1) is 72.0. The van der Waals surface area contributed by atoms with Crippen LogP contribution in [0.5, 0.6) is 0 Å². The van der Waals surface area contributed by atoms with Gasteiger partial charge in [0.1, 0.15) is 0 Å². The molecule has 0 N–H and O–H groups in total. The van der Waals surface area contributed by atoms with Crippen LogP contribution in [0.2, 0.25) is 0 Å². The number of benzene rings is 12. The van der Waals surface area contributed by atoms with Crippen LogP contribution < -0.4 is 32.9 Å². The third-order valence-corrected chi connectivity index (χ3v) is 39.9. The van der Waals surface area contributed by atoms with Crippen LogP contribution in [0.25, 0.3) is 64.6 Å². The number of aliphatic imine (C=N–C) groups is 12. The summed E-state index contributed by atoms with van der Waals surface area (Å²) in [7, 11) is 0. The fraction of sp³-hybridized carbons (Fsp3) is 0. The fourth-order valence-electron chi connectivity index (χ4n) is 19.6. The quantitative estimate of drug-likeness (QED) is 0.106. The molecule has 0 saturated carbocycles. The van der Waals surface area contributed by atoms with E-state index in [2.05, 4.69) is 89.9 Å². The third-order valence-electron chi connectivity index (χ3n) is 26.1. The van der Waals surface area contributed by atoms with Crippen LogP contribution in [0.3, 0.4) is 0 Å². The molecule has 18 bridgehead atoms. The van der Waals surface area contributed by atoms with E-state index in [4.69, 9.17) is 0 Å². The Balaban J connectivity index is 0.000000108. The number of rotatable bonds is 0. The van der Waals surface area contributed by atoms with Crippen molar-refractivity contribution in [3.8, 4) is 0 Å². The topological polar surface area (TPSA) is 303 Å². The first kappa shape index (κ1) is 90.4. The molecular formula is C96H24F24N24O3Sn3. The molecule has 12 aromatic carbocycles. The van der Waals surface area contributed by atoms with Crippen molar-refractivity contribution in [2.45, 2.75) is 0 Å². The van der Waals surface area contributed by atoms with Gasteiger partial charge in [-0.15, -0.1) is 0 Å². The molecular weight excluding hydrogens is 2350 g/mol. The van der Waals surface area contributed by atoms with Crippen LogP contribution in [-0.4, -0.2) is 148 Å². The minimum absolute atomic E-state index is 0.0816. The summed E-state index contributed by atoms with van der Waals surface area (Å²) in [5, 5.41) is -4.18. The van der Waals surface area contributed by atoms with E-state index < -0.39 is 358 Å². The molecule has 54 heteroatoms. The zero-order valence-corrected chi connectivity index (χ0v) is 80.9. The van der Waals surface area contributed by atoms with Crippen molar-refractivity contribution in [2.24, 2.45) is 89.9 Å². The number of amidine groups is 12. The standard InChI is InChI=1S/3C32H8F8N8.3O.3Sn/c33-17-1-9-10(2-18(17)34)26-41-25(9)45-27-11-3-19(35)20(36)4-12(11)29(42-27)47-31-15-7-23(39)24(40)8-16(15)32(44-31)48-30-14-6-22(38)21(37)5-13(14)28(43-30)46-26;33-13-1-2-14(34)22-21(13)29-43-25-9-5-17(37)18(38)6-10(9)27(41-25)45-31-23-15(35)3-4-16(36)24(23)32(48-31)46-28-12-8-20(40)19(39)7-11(12)26(42-28)44-30(22)47-29;33-9-1-2-10(34)18-17(9)25-41-26(18)46-28-21-13(37)5-6-14(38)22(21)30(43-28)48-32-24-16(40)8-7-15(39)23(24)31(44-32)47-29-20-12(36)4-3-11(35)19(20)27(42-29)45-25;;;;;;/h3*1-8H;;;;;;/q3*-2;;;;3*+2. The zero-order chi connectivity index (χ0) is 103. The molecule has 150 heavy (non-hydrogen) atoms. The molecule has 30 rings (SSSR count). The SMILES string of the molecule is [O]=[Sn]1[n]2c3c4c(F)ccc(F)c4c2N=C2N=C(N=c4c5c(F)ccc(F)c5c([n]41)=NC1=NC(=N3)c3c(F)ccc(F)c31)c1c(F)ccc(F)c12.[O]=[Sn]1[n]2c3c4cc(F)c(F)cc4c2N=C2N=C(N=c4c5cc(F)c(F)cc5c([n]41)=NC1=NC(=N3)c3c(F)ccc(F)c31)c1c(F)ccc(F)c12.[O]=[Sn]1[n]2c3c4cc(F)c(F)cc4c2N=C2N=C(N=c4c5cc(F)c(F)cc5c([n]41)=NC1=NC(=N3)c3cc(F)c(F)cc31)c1cc(F)c(F)cc12. The number of hydrogen-bond acceptors (Lipinski definition) is 21. The van der Waals surface area contributed by atoms with Gasteiger partial charge < -0.3 is 0 Å². The Bertz CT molecular complexity index is 10300. The molecule has 0 aliphatic carbocycles. The second kappa shape index (κ2) is 31.5. The molecule has 18 heterocycles. The van der Waals surface area contributed by atoms with E-state index in [9.17, 15) is 52.7 Å². The number of nitrogens with zero attached hydrogens (tertiary/aromatic N) is 24. The molecule has 0 spiro atoms. The zero-order valence-electron chi connectivity index (χ0n) is 72.4. The number of hydrogen-bond donors (Lipinski definition) is 0. The van der Waals surface area contributed by atoms with E-state index in [0.29, 0.717) is 24.3 Å². The molecule has 0 fully saturated rings. The summed E-state index contributed by atoms with van der Waals surface area (Å²) in [6.45, 7) is 0. The molecule has 0 atom stereocenters. The second-order valence-corrected chi connectivity index (χ2v) is 46.7. The summed E-state index contributed by atoms with van der Waals surface area (Å²) in [5.41, 5.74) is -7.31. The van der Waals surface area contributed by atoms with Crippen molar-refractivity contribution in [3.05, 3.63) is 385 Å². The predicted molar refractivity (Wildman–Crippen MR) is 484 cm³/mol. The van der Waals surface area contributed by atoms with Crippen molar-refractivity contribution >= 4 is 230 Å².